The van der Waals surface area contributed by atoms with Crippen LogP contribution in [0.4, 0.5) is 19.0 Å². The average Bonchev–Trinajstić information content (AvgIpc) is 3.50. The molecule has 192 valence electrons. The van der Waals surface area contributed by atoms with E-state index < -0.39 is 17.8 Å². The maximum atomic E-state index is 13.9. The Hall–Kier alpha value is -4.67. The fraction of sp³-hybridized carbons (Fsp3) is 0.185. The molecule has 3 heterocycles. The monoisotopic (exact) mass is 519 g/mol. The molecule has 8 nitrogen and oxygen atoms in total. The SMILES string of the molecule is Nc1noc2ccc(-n3nc(C(F)(F)F)c4c3C(=O)N(C3C=CC(c5ccccc5C=O)=CC3)CC4)cc12. The molecule has 1 unspecified atom stereocenters. The minimum Gasteiger partial charge on any atom is -0.380 e. The fourth-order valence-corrected chi connectivity index (χ4v) is 5.09. The number of carbonyl (C=O) groups excluding carboxylic acids is 2. The molecule has 0 saturated carbocycles. The number of hydrogen-bond acceptors (Lipinski definition) is 6. The van der Waals surface area contributed by atoms with Crippen LogP contribution in [0.1, 0.15) is 44.1 Å². The molecule has 1 aliphatic heterocycles. The second-order valence-corrected chi connectivity index (χ2v) is 9.11. The Kier molecular flexibility index (Phi) is 5.44. The van der Waals surface area contributed by atoms with Crippen LogP contribution in [0.5, 0.6) is 0 Å². The van der Waals surface area contributed by atoms with E-state index in [-0.39, 0.29) is 41.8 Å². The van der Waals surface area contributed by atoms with Crippen molar-refractivity contribution in [2.45, 2.75) is 25.1 Å². The summed E-state index contributed by atoms with van der Waals surface area (Å²) >= 11 is 0. The molecular weight excluding hydrogens is 499 g/mol. The van der Waals surface area contributed by atoms with Gasteiger partial charge in [-0.15, -0.1) is 0 Å². The highest BCUT2D eigenvalue weighted by Crippen LogP contribution is 2.38. The van der Waals surface area contributed by atoms with Crippen LogP contribution < -0.4 is 5.73 Å². The van der Waals surface area contributed by atoms with Gasteiger partial charge in [0.1, 0.15) is 5.69 Å². The summed E-state index contributed by atoms with van der Waals surface area (Å²) in [5.74, 6) is -0.467. The predicted molar refractivity (Wildman–Crippen MR) is 133 cm³/mol. The van der Waals surface area contributed by atoms with Crippen molar-refractivity contribution in [1.29, 1.82) is 0 Å². The first-order valence-electron chi connectivity index (χ1n) is 11.8. The first-order chi connectivity index (χ1) is 18.3. The minimum atomic E-state index is -4.73. The molecule has 38 heavy (non-hydrogen) atoms. The molecule has 2 aromatic carbocycles. The average molecular weight is 519 g/mol. The number of fused-ring (bicyclic) bond motifs is 2. The van der Waals surface area contributed by atoms with Gasteiger partial charge < -0.3 is 15.2 Å². The van der Waals surface area contributed by atoms with Crippen molar-refractivity contribution in [3.8, 4) is 5.69 Å². The first kappa shape index (κ1) is 23.7. The Morgan fingerprint density at radius 2 is 1.97 bits per heavy atom. The molecule has 0 spiro atoms. The first-order valence-corrected chi connectivity index (χ1v) is 11.8. The van der Waals surface area contributed by atoms with Crippen LogP contribution in [-0.4, -0.2) is 44.6 Å². The van der Waals surface area contributed by atoms with E-state index in [2.05, 4.69) is 10.3 Å². The van der Waals surface area contributed by atoms with Gasteiger partial charge in [-0.1, -0.05) is 47.7 Å². The Morgan fingerprint density at radius 3 is 2.71 bits per heavy atom. The molecule has 6 rings (SSSR count). The van der Waals surface area contributed by atoms with Gasteiger partial charge in [-0.25, -0.2) is 4.68 Å². The Bertz CT molecular complexity index is 1660. The third-order valence-electron chi connectivity index (χ3n) is 6.92. The highest BCUT2D eigenvalue weighted by atomic mass is 19.4. The van der Waals surface area contributed by atoms with E-state index in [1.165, 1.54) is 18.2 Å². The number of benzene rings is 2. The fourth-order valence-electron chi connectivity index (χ4n) is 5.09. The van der Waals surface area contributed by atoms with Crippen LogP contribution in [0.2, 0.25) is 0 Å². The number of nitrogen functional groups attached to an aromatic ring is 1. The van der Waals surface area contributed by atoms with Crippen molar-refractivity contribution in [3.63, 3.8) is 0 Å². The van der Waals surface area contributed by atoms with Gasteiger partial charge in [0.2, 0.25) is 0 Å². The van der Waals surface area contributed by atoms with Crippen LogP contribution in [0.3, 0.4) is 0 Å². The third-order valence-corrected chi connectivity index (χ3v) is 6.92. The molecule has 0 bridgehead atoms. The van der Waals surface area contributed by atoms with Gasteiger partial charge in [-0.05, 0) is 42.2 Å². The number of alkyl halides is 3. The summed E-state index contributed by atoms with van der Waals surface area (Å²) in [6.45, 7) is 0.112. The number of allylic oxidation sites excluding steroid dienone is 2. The maximum absolute atomic E-state index is 13.9. The van der Waals surface area contributed by atoms with Gasteiger partial charge in [-0.3, -0.25) is 9.59 Å². The normalized spacial score (nSPS) is 17.6. The van der Waals surface area contributed by atoms with Gasteiger partial charge in [-0.2, -0.15) is 18.3 Å². The number of amides is 1. The van der Waals surface area contributed by atoms with Crippen molar-refractivity contribution in [3.05, 3.63) is 88.8 Å². The summed E-state index contributed by atoms with van der Waals surface area (Å²) in [5, 5.41) is 7.93. The maximum Gasteiger partial charge on any atom is 0.435 e. The predicted octanol–water partition coefficient (Wildman–Crippen LogP) is 4.84. The standard InChI is InChI=1S/C27H20F3N5O3/c28-27(29,30)24-20-11-12-34(17-7-5-15(6-8-17)19-4-2-1-3-16(19)14-36)26(37)23(20)35(32-24)18-9-10-22-21(13-18)25(31)33-38-22/h1-7,9-10,13-14,17H,8,11-12H2,(H2,31,33). The third kappa shape index (κ3) is 3.78. The number of rotatable bonds is 4. The molecule has 2 aliphatic rings. The smallest absolute Gasteiger partial charge is 0.380 e. The van der Waals surface area contributed by atoms with E-state index in [9.17, 15) is 22.8 Å². The molecule has 2 aromatic heterocycles. The highest BCUT2D eigenvalue weighted by Gasteiger charge is 2.44. The van der Waals surface area contributed by atoms with E-state index in [0.29, 0.717) is 23.0 Å². The largest absolute Gasteiger partial charge is 0.435 e. The molecule has 1 atom stereocenters. The van der Waals surface area contributed by atoms with Gasteiger partial charge in [0.25, 0.3) is 5.91 Å². The zero-order chi connectivity index (χ0) is 26.6. The zero-order valence-electron chi connectivity index (χ0n) is 19.8. The highest BCUT2D eigenvalue weighted by molar-refractivity contribution is 5.97. The summed E-state index contributed by atoms with van der Waals surface area (Å²) in [7, 11) is 0. The quantitative estimate of drug-likeness (QED) is 0.387. The number of aromatic nitrogens is 3. The van der Waals surface area contributed by atoms with Crippen LogP contribution in [0.15, 0.2) is 65.2 Å². The number of halogens is 3. The van der Waals surface area contributed by atoms with Crippen molar-refractivity contribution < 1.29 is 27.3 Å². The molecule has 4 aromatic rings. The van der Waals surface area contributed by atoms with E-state index in [1.54, 1.807) is 17.0 Å². The Labute approximate surface area is 213 Å². The topological polar surface area (TPSA) is 107 Å². The molecule has 0 radical (unpaired) electrons. The lowest BCUT2D eigenvalue weighted by atomic mass is 9.92. The lowest BCUT2D eigenvalue weighted by molar-refractivity contribution is -0.142. The summed E-state index contributed by atoms with van der Waals surface area (Å²) in [6.07, 6.45) is 2.11. The minimum absolute atomic E-state index is 0.00243. The second kappa shape index (κ2) is 8.72. The molecule has 1 amide bonds. The van der Waals surface area contributed by atoms with Gasteiger partial charge in [0, 0.05) is 17.7 Å². The zero-order valence-corrected chi connectivity index (χ0v) is 19.8. The number of hydrogen-bond donors (Lipinski definition) is 1. The van der Waals surface area contributed by atoms with Crippen molar-refractivity contribution in [1.82, 2.24) is 19.8 Å². The summed E-state index contributed by atoms with van der Waals surface area (Å²) in [4.78, 5) is 26.7. The molecule has 2 N–H and O–H groups in total. The Balaban J connectivity index is 1.37. The van der Waals surface area contributed by atoms with Crippen LogP contribution in [0.25, 0.3) is 22.2 Å². The van der Waals surface area contributed by atoms with E-state index >= 15 is 0 Å². The number of aldehydes is 1. The van der Waals surface area contributed by atoms with Gasteiger partial charge in [0.05, 0.1) is 17.1 Å². The van der Waals surface area contributed by atoms with E-state index in [4.69, 9.17) is 10.3 Å². The molecule has 0 fully saturated rings. The molecule has 1 aliphatic carbocycles. The van der Waals surface area contributed by atoms with Crippen LogP contribution >= 0.6 is 0 Å². The number of anilines is 1. The summed E-state index contributed by atoms with van der Waals surface area (Å²) in [5.41, 5.74) is 7.27. The molecule has 11 heteroatoms. The molecular formula is C27H20F3N5O3. The van der Waals surface area contributed by atoms with Crippen molar-refractivity contribution >= 4 is 34.6 Å². The lowest BCUT2D eigenvalue weighted by Crippen LogP contribution is -2.45. The number of carbonyl (C=O) groups is 2. The van der Waals surface area contributed by atoms with Gasteiger partial charge >= 0.3 is 6.18 Å². The van der Waals surface area contributed by atoms with E-state index in [1.807, 2.05) is 30.4 Å². The second-order valence-electron chi connectivity index (χ2n) is 9.11. The number of nitrogens with two attached hydrogens (primary N) is 1. The van der Waals surface area contributed by atoms with Crippen molar-refractivity contribution in [2.24, 2.45) is 0 Å². The van der Waals surface area contributed by atoms with E-state index in [0.717, 1.165) is 22.1 Å². The van der Waals surface area contributed by atoms with Crippen molar-refractivity contribution in [2.75, 3.05) is 12.3 Å². The summed E-state index contributed by atoms with van der Waals surface area (Å²) in [6, 6.07) is 11.3. The Morgan fingerprint density at radius 1 is 1.16 bits per heavy atom. The molecule has 0 saturated heterocycles. The van der Waals surface area contributed by atoms with Crippen LogP contribution in [-0.2, 0) is 12.6 Å². The van der Waals surface area contributed by atoms with Gasteiger partial charge in [0.15, 0.2) is 23.4 Å². The van der Waals surface area contributed by atoms with Crippen LogP contribution in [0, 0.1) is 0 Å². The summed E-state index contributed by atoms with van der Waals surface area (Å²) < 4.78 is 47.9. The number of nitrogens with zero attached hydrogens (tertiary/aromatic N) is 4. The lowest BCUT2D eigenvalue weighted by Gasteiger charge is -2.34.